The lowest BCUT2D eigenvalue weighted by Crippen LogP contribution is -2.28. The number of carbonyl (C=O) groups is 2. The average Bonchev–Trinajstić information content (AvgIpc) is 3.19. The van der Waals surface area contributed by atoms with Crippen molar-refractivity contribution >= 4 is 34.6 Å². The first-order valence-corrected chi connectivity index (χ1v) is 8.44. The molecule has 0 radical (unpaired) electrons. The minimum Gasteiger partial charge on any atom is -0.306 e. The van der Waals surface area contributed by atoms with Gasteiger partial charge in [0, 0.05) is 25.0 Å². The summed E-state index contributed by atoms with van der Waals surface area (Å²) in [5, 5.41) is 8.89. The van der Waals surface area contributed by atoms with E-state index in [-0.39, 0.29) is 11.8 Å². The first-order valence-electron chi connectivity index (χ1n) is 8.44. The minimum atomic E-state index is -0.0238. The number of nitrogens with zero attached hydrogens (tertiary/aromatic N) is 4. The lowest BCUT2D eigenvalue weighted by Gasteiger charge is -2.13. The van der Waals surface area contributed by atoms with Crippen molar-refractivity contribution < 1.29 is 9.59 Å². The van der Waals surface area contributed by atoms with Gasteiger partial charge in [0.2, 0.25) is 11.8 Å². The zero-order chi connectivity index (χ0) is 18.3. The van der Waals surface area contributed by atoms with Crippen LogP contribution < -0.4 is 9.80 Å². The van der Waals surface area contributed by atoms with Crippen LogP contribution in [0, 0.1) is 0 Å². The summed E-state index contributed by atoms with van der Waals surface area (Å²) in [5.41, 5.74) is 5.06. The summed E-state index contributed by atoms with van der Waals surface area (Å²) in [5.74, 6) is -0.0476. The average molecular weight is 346 g/mol. The lowest BCUT2D eigenvalue weighted by molar-refractivity contribution is -0.117. The maximum atomic E-state index is 11.9. The highest BCUT2D eigenvalue weighted by Crippen LogP contribution is 2.30. The van der Waals surface area contributed by atoms with Gasteiger partial charge in [0.25, 0.3) is 0 Å². The smallest absolute Gasteiger partial charge is 0.224 e. The van der Waals surface area contributed by atoms with E-state index in [0.717, 1.165) is 33.9 Å². The minimum absolute atomic E-state index is 0.0238. The van der Waals surface area contributed by atoms with Crippen LogP contribution in [0.25, 0.3) is 0 Å². The Labute approximate surface area is 151 Å². The van der Waals surface area contributed by atoms with Crippen molar-refractivity contribution in [3.8, 4) is 0 Å². The molecule has 6 nitrogen and oxygen atoms in total. The third-order valence-electron chi connectivity index (χ3n) is 4.68. The van der Waals surface area contributed by atoms with Crippen molar-refractivity contribution in [3.63, 3.8) is 0 Å². The first kappa shape index (κ1) is 16.2. The number of rotatable bonds is 1. The van der Waals surface area contributed by atoms with Gasteiger partial charge in [-0.15, -0.1) is 0 Å². The van der Waals surface area contributed by atoms with Crippen LogP contribution in [0.2, 0.25) is 0 Å². The molecule has 4 rings (SSSR count). The quantitative estimate of drug-likeness (QED) is 0.745. The van der Waals surface area contributed by atoms with E-state index in [9.17, 15) is 9.59 Å². The molecule has 2 aliphatic rings. The molecule has 2 aliphatic heterocycles. The summed E-state index contributed by atoms with van der Waals surface area (Å²) in [7, 11) is 0. The van der Waals surface area contributed by atoms with Crippen LogP contribution in [0.1, 0.15) is 25.0 Å². The molecule has 0 aliphatic carbocycles. The number of para-hydroxylation sites is 2. The molecule has 0 fully saturated rings. The van der Waals surface area contributed by atoms with Gasteiger partial charge in [-0.05, 0) is 12.1 Å². The van der Waals surface area contributed by atoms with Crippen LogP contribution in [0.5, 0.6) is 0 Å². The van der Waals surface area contributed by atoms with E-state index in [1.165, 1.54) is 0 Å². The van der Waals surface area contributed by atoms with Gasteiger partial charge in [-0.25, -0.2) is 0 Å². The van der Waals surface area contributed by atoms with Crippen LogP contribution >= 0.6 is 0 Å². The Hall–Kier alpha value is -3.28. The number of fused-ring (bicyclic) bond motifs is 2. The van der Waals surface area contributed by atoms with E-state index in [1.807, 2.05) is 48.5 Å². The normalized spacial score (nSPS) is 18.4. The second kappa shape index (κ2) is 6.22. The molecule has 2 aromatic carbocycles. The fourth-order valence-corrected chi connectivity index (χ4v) is 3.40. The van der Waals surface area contributed by atoms with Crippen LogP contribution in [0.15, 0.2) is 58.7 Å². The van der Waals surface area contributed by atoms with E-state index in [2.05, 4.69) is 10.2 Å². The molecule has 2 aromatic rings. The molecule has 0 saturated carbocycles. The molecular formula is C20H18N4O2. The predicted octanol–water partition coefficient (Wildman–Crippen LogP) is 2.61. The fraction of sp³-hybridized carbons (Fsp3) is 0.200. The van der Waals surface area contributed by atoms with Gasteiger partial charge >= 0.3 is 0 Å². The fourth-order valence-electron chi connectivity index (χ4n) is 3.40. The van der Waals surface area contributed by atoms with E-state index < -0.39 is 0 Å². The summed E-state index contributed by atoms with van der Waals surface area (Å²) in [4.78, 5) is 27.2. The molecular weight excluding hydrogens is 328 g/mol. The number of hydrogen-bond acceptors (Lipinski definition) is 4. The van der Waals surface area contributed by atoms with Crippen molar-refractivity contribution in [1.29, 1.82) is 0 Å². The Morgan fingerprint density at radius 3 is 1.50 bits per heavy atom. The van der Waals surface area contributed by atoms with Gasteiger partial charge < -0.3 is 9.80 Å². The second-order valence-corrected chi connectivity index (χ2v) is 6.34. The van der Waals surface area contributed by atoms with Crippen LogP contribution in [-0.4, -0.2) is 36.3 Å². The molecule has 0 spiro atoms. The summed E-state index contributed by atoms with van der Waals surface area (Å²) >= 11 is 0. The Bertz CT molecular complexity index is 898. The van der Waals surface area contributed by atoms with Gasteiger partial charge in [0.1, 0.15) is 0 Å². The third kappa shape index (κ3) is 2.60. The van der Waals surface area contributed by atoms with Crippen LogP contribution in [0.3, 0.4) is 0 Å². The SMILES string of the molecule is CC(=O)N1C/C(=N\N=C2/CN(C(C)=O)c3ccccc32)c2ccccc21. The summed E-state index contributed by atoms with van der Waals surface area (Å²) in [6.45, 7) is 3.90. The number of hydrogen-bond donors (Lipinski definition) is 0. The van der Waals surface area contributed by atoms with Crippen LogP contribution in [0.4, 0.5) is 11.4 Å². The Morgan fingerprint density at radius 2 is 1.12 bits per heavy atom. The molecule has 0 atom stereocenters. The topological polar surface area (TPSA) is 65.3 Å². The largest absolute Gasteiger partial charge is 0.306 e. The van der Waals surface area contributed by atoms with Gasteiger partial charge in [0.05, 0.1) is 35.9 Å². The monoisotopic (exact) mass is 346 g/mol. The third-order valence-corrected chi connectivity index (χ3v) is 4.68. The van der Waals surface area contributed by atoms with Gasteiger partial charge in [0.15, 0.2) is 0 Å². The highest BCUT2D eigenvalue weighted by atomic mass is 16.2. The molecule has 26 heavy (non-hydrogen) atoms. The van der Waals surface area contributed by atoms with Crippen molar-refractivity contribution in [1.82, 2.24) is 0 Å². The Balaban J connectivity index is 1.73. The van der Waals surface area contributed by atoms with E-state index in [1.54, 1.807) is 23.6 Å². The van der Waals surface area contributed by atoms with E-state index in [4.69, 9.17) is 0 Å². The number of anilines is 2. The summed E-state index contributed by atoms with van der Waals surface area (Å²) < 4.78 is 0. The first-order chi connectivity index (χ1) is 12.6. The maximum absolute atomic E-state index is 11.9. The number of amides is 2. The molecule has 0 bridgehead atoms. The maximum Gasteiger partial charge on any atom is 0.224 e. The molecule has 0 N–H and O–H groups in total. The lowest BCUT2D eigenvalue weighted by atomic mass is 10.1. The van der Waals surface area contributed by atoms with E-state index in [0.29, 0.717) is 13.1 Å². The Kier molecular flexibility index (Phi) is 3.88. The van der Waals surface area contributed by atoms with Gasteiger partial charge in [-0.3, -0.25) is 9.59 Å². The van der Waals surface area contributed by atoms with Crippen molar-refractivity contribution in [2.45, 2.75) is 13.8 Å². The van der Waals surface area contributed by atoms with Crippen molar-refractivity contribution in [3.05, 3.63) is 59.7 Å². The molecule has 2 amide bonds. The molecule has 130 valence electrons. The van der Waals surface area contributed by atoms with Gasteiger partial charge in [-0.2, -0.15) is 10.2 Å². The molecule has 0 unspecified atom stereocenters. The highest BCUT2D eigenvalue weighted by Gasteiger charge is 2.29. The highest BCUT2D eigenvalue weighted by molar-refractivity contribution is 6.19. The molecule has 2 heterocycles. The Morgan fingerprint density at radius 1 is 0.731 bits per heavy atom. The number of benzene rings is 2. The molecule has 0 aromatic heterocycles. The van der Waals surface area contributed by atoms with Gasteiger partial charge in [-0.1, -0.05) is 36.4 Å². The zero-order valence-electron chi connectivity index (χ0n) is 14.6. The second-order valence-electron chi connectivity index (χ2n) is 6.34. The standard InChI is InChI=1S/C20H18N4O2/c1-13(25)23-11-17(15-7-3-5-9-19(15)23)21-22-18-12-24(14(2)26)20-10-6-4-8-16(18)20/h3-10H,11-12H2,1-2H3/b21-17+,22-18+. The predicted molar refractivity (Wildman–Crippen MR) is 102 cm³/mol. The van der Waals surface area contributed by atoms with E-state index >= 15 is 0 Å². The summed E-state index contributed by atoms with van der Waals surface area (Å²) in [6.07, 6.45) is 0. The van der Waals surface area contributed by atoms with Crippen molar-refractivity contribution in [2.75, 3.05) is 22.9 Å². The zero-order valence-corrected chi connectivity index (χ0v) is 14.6. The van der Waals surface area contributed by atoms with Crippen LogP contribution in [-0.2, 0) is 9.59 Å². The van der Waals surface area contributed by atoms with Crippen molar-refractivity contribution in [2.24, 2.45) is 10.2 Å². The molecule has 0 saturated heterocycles. The number of carbonyl (C=O) groups excluding carboxylic acids is 2. The summed E-state index contributed by atoms with van der Waals surface area (Å²) in [6, 6.07) is 15.4. The molecule has 6 heteroatoms.